The molecule has 0 spiro atoms. The number of nitrogens with one attached hydrogen (secondary N) is 2. The molecule has 174 valence electrons. The Bertz CT molecular complexity index is 1220. The fourth-order valence-electron chi connectivity index (χ4n) is 2.86. The first-order chi connectivity index (χ1) is 16.4. The molecule has 0 aliphatic rings. The Morgan fingerprint density at radius 3 is 2.24 bits per heavy atom. The van der Waals surface area contributed by atoms with E-state index in [9.17, 15) is 14.4 Å². The molecular weight excluding hydrogens is 438 g/mol. The van der Waals surface area contributed by atoms with Gasteiger partial charge in [-0.2, -0.15) is 5.10 Å². The Balaban J connectivity index is 1.62. The highest BCUT2D eigenvalue weighted by Crippen LogP contribution is 2.29. The van der Waals surface area contributed by atoms with Crippen LogP contribution in [0.5, 0.6) is 17.2 Å². The number of carbonyl (C=O) groups excluding carboxylic acids is 3. The molecule has 2 amide bonds. The van der Waals surface area contributed by atoms with Gasteiger partial charge in [0.15, 0.2) is 11.5 Å². The molecule has 0 atom stereocenters. The number of anilines is 1. The number of esters is 1. The van der Waals surface area contributed by atoms with Crippen molar-refractivity contribution in [2.24, 2.45) is 5.10 Å². The number of ether oxygens (including phenoxy) is 3. The van der Waals surface area contributed by atoms with E-state index in [1.165, 1.54) is 26.5 Å². The van der Waals surface area contributed by atoms with E-state index >= 15 is 0 Å². The van der Waals surface area contributed by atoms with E-state index in [0.717, 1.165) is 5.56 Å². The van der Waals surface area contributed by atoms with Crippen molar-refractivity contribution in [1.29, 1.82) is 0 Å². The number of nitrogens with zero attached hydrogens (tertiary/aromatic N) is 1. The van der Waals surface area contributed by atoms with Gasteiger partial charge in [0.2, 0.25) is 0 Å². The van der Waals surface area contributed by atoms with Crippen molar-refractivity contribution in [3.63, 3.8) is 0 Å². The van der Waals surface area contributed by atoms with Crippen molar-refractivity contribution in [3.05, 3.63) is 83.4 Å². The second kappa shape index (κ2) is 11.3. The Morgan fingerprint density at radius 1 is 0.824 bits per heavy atom. The van der Waals surface area contributed by atoms with E-state index < -0.39 is 17.8 Å². The second-order valence-electron chi connectivity index (χ2n) is 7.02. The minimum absolute atomic E-state index is 0.192. The number of amides is 2. The smallest absolute Gasteiger partial charge is 0.347 e. The maximum absolute atomic E-state index is 12.5. The van der Waals surface area contributed by atoms with Crippen LogP contribution in [0, 0.1) is 6.92 Å². The van der Waals surface area contributed by atoms with E-state index in [4.69, 9.17) is 14.2 Å². The van der Waals surface area contributed by atoms with Gasteiger partial charge < -0.3 is 19.5 Å². The molecule has 3 aromatic carbocycles. The minimum Gasteiger partial charge on any atom is -0.496 e. The molecule has 3 aromatic rings. The third-order valence-electron chi connectivity index (χ3n) is 4.61. The summed E-state index contributed by atoms with van der Waals surface area (Å²) in [5.74, 6) is -1.53. The number of aryl methyl sites for hydroxylation is 1. The van der Waals surface area contributed by atoms with Gasteiger partial charge in [0, 0.05) is 5.69 Å². The maximum Gasteiger partial charge on any atom is 0.347 e. The number of benzene rings is 3. The molecule has 3 rings (SSSR count). The van der Waals surface area contributed by atoms with Crippen LogP contribution in [0.2, 0.25) is 0 Å². The van der Waals surface area contributed by atoms with E-state index in [1.807, 2.05) is 19.1 Å². The van der Waals surface area contributed by atoms with Crippen LogP contribution >= 0.6 is 0 Å². The van der Waals surface area contributed by atoms with Crippen LogP contribution < -0.4 is 25.0 Å². The van der Waals surface area contributed by atoms with Crippen LogP contribution in [0.15, 0.2) is 71.8 Å². The van der Waals surface area contributed by atoms with Gasteiger partial charge in [0.1, 0.15) is 11.3 Å². The van der Waals surface area contributed by atoms with Crippen LogP contribution in [0.1, 0.15) is 21.5 Å². The summed E-state index contributed by atoms with van der Waals surface area (Å²) in [7, 11) is 2.89. The SMILES string of the molecule is COc1cc(/C=N/NC(=O)C(=O)Nc2ccc(C)cc2)ccc1OC(=O)c1ccccc1OC. The molecule has 9 nitrogen and oxygen atoms in total. The van der Waals surface area contributed by atoms with E-state index in [2.05, 4.69) is 15.8 Å². The number of rotatable bonds is 7. The monoisotopic (exact) mass is 461 g/mol. The largest absolute Gasteiger partial charge is 0.496 e. The lowest BCUT2D eigenvalue weighted by molar-refractivity contribution is -0.136. The summed E-state index contributed by atoms with van der Waals surface area (Å²) in [5.41, 5.74) is 4.49. The Kier molecular flexibility index (Phi) is 7.96. The average Bonchev–Trinajstić information content (AvgIpc) is 2.85. The molecule has 34 heavy (non-hydrogen) atoms. The van der Waals surface area contributed by atoms with Gasteiger partial charge in [-0.15, -0.1) is 0 Å². The molecule has 0 bridgehead atoms. The minimum atomic E-state index is -0.925. The summed E-state index contributed by atoms with van der Waals surface area (Å²) in [6, 6.07) is 18.4. The van der Waals surface area contributed by atoms with Crippen molar-refractivity contribution in [2.75, 3.05) is 19.5 Å². The van der Waals surface area contributed by atoms with Gasteiger partial charge in [-0.25, -0.2) is 10.2 Å². The lowest BCUT2D eigenvalue weighted by Gasteiger charge is -2.11. The lowest BCUT2D eigenvalue weighted by atomic mass is 10.2. The van der Waals surface area contributed by atoms with Crippen LogP contribution in [-0.4, -0.2) is 38.2 Å². The molecule has 0 aromatic heterocycles. The van der Waals surface area contributed by atoms with Crippen LogP contribution in [0.4, 0.5) is 5.69 Å². The summed E-state index contributed by atoms with van der Waals surface area (Å²) in [4.78, 5) is 36.5. The fraction of sp³-hybridized carbons (Fsp3) is 0.120. The summed E-state index contributed by atoms with van der Waals surface area (Å²) in [5, 5.41) is 6.27. The fourth-order valence-corrected chi connectivity index (χ4v) is 2.86. The molecule has 2 N–H and O–H groups in total. The Morgan fingerprint density at radius 2 is 1.53 bits per heavy atom. The molecule has 0 unspecified atom stereocenters. The molecule has 0 aliphatic heterocycles. The van der Waals surface area contributed by atoms with Gasteiger partial charge in [0.25, 0.3) is 0 Å². The first-order valence-electron chi connectivity index (χ1n) is 10.2. The van der Waals surface area contributed by atoms with Crippen LogP contribution in [-0.2, 0) is 9.59 Å². The van der Waals surface area contributed by atoms with Gasteiger partial charge in [-0.1, -0.05) is 29.8 Å². The number of methoxy groups -OCH3 is 2. The molecule has 0 heterocycles. The van der Waals surface area contributed by atoms with E-state index in [1.54, 1.807) is 48.5 Å². The number of para-hydroxylation sites is 1. The van der Waals surface area contributed by atoms with Gasteiger partial charge in [-0.3, -0.25) is 9.59 Å². The molecule has 0 fully saturated rings. The molecule has 0 saturated carbocycles. The number of carbonyl (C=O) groups is 3. The highest BCUT2D eigenvalue weighted by atomic mass is 16.6. The van der Waals surface area contributed by atoms with Gasteiger partial charge >= 0.3 is 17.8 Å². The zero-order chi connectivity index (χ0) is 24.5. The number of hydrogen-bond acceptors (Lipinski definition) is 7. The Labute approximate surface area is 196 Å². The zero-order valence-electron chi connectivity index (χ0n) is 18.8. The van der Waals surface area contributed by atoms with E-state index in [0.29, 0.717) is 17.0 Å². The second-order valence-corrected chi connectivity index (χ2v) is 7.02. The zero-order valence-corrected chi connectivity index (χ0v) is 18.8. The quantitative estimate of drug-likeness (QED) is 0.183. The highest BCUT2D eigenvalue weighted by Gasteiger charge is 2.17. The van der Waals surface area contributed by atoms with Crippen LogP contribution in [0.3, 0.4) is 0 Å². The molecular formula is C25H23N3O6. The predicted octanol–water partition coefficient (Wildman–Crippen LogP) is 3.32. The lowest BCUT2D eigenvalue weighted by Crippen LogP contribution is -2.32. The topological polar surface area (TPSA) is 115 Å². The van der Waals surface area contributed by atoms with Crippen molar-refractivity contribution < 1.29 is 28.6 Å². The van der Waals surface area contributed by atoms with Gasteiger partial charge in [0.05, 0.1) is 20.4 Å². The van der Waals surface area contributed by atoms with Crippen molar-refractivity contribution in [1.82, 2.24) is 5.43 Å². The predicted molar refractivity (Wildman–Crippen MR) is 126 cm³/mol. The number of hydrazone groups is 1. The Hall–Kier alpha value is -4.66. The molecule has 9 heteroatoms. The average molecular weight is 461 g/mol. The molecule has 0 radical (unpaired) electrons. The number of hydrogen-bond donors (Lipinski definition) is 2. The normalized spacial score (nSPS) is 10.4. The summed E-state index contributed by atoms with van der Waals surface area (Å²) < 4.78 is 15.9. The summed E-state index contributed by atoms with van der Waals surface area (Å²) >= 11 is 0. The summed E-state index contributed by atoms with van der Waals surface area (Å²) in [6.07, 6.45) is 1.32. The third-order valence-corrected chi connectivity index (χ3v) is 4.61. The molecule has 0 saturated heterocycles. The first-order valence-corrected chi connectivity index (χ1v) is 10.2. The third kappa shape index (κ3) is 6.19. The standard InChI is InChI=1S/C25H23N3O6/c1-16-8-11-18(12-9-16)27-23(29)24(30)28-26-15-17-10-13-21(22(14-17)33-3)34-25(31)19-6-4-5-7-20(19)32-2/h4-15H,1-3H3,(H,27,29)(H,28,30)/b26-15+. The summed E-state index contributed by atoms with van der Waals surface area (Å²) in [6.45, 7) is 1.92. The molecule has 0 aliphatic carbocycles. The highest BCUT2D eigenvalue weighted by molar-refractivity contribution is 6.39. The van der Waals surface area contributed by atoms with Crippen molar-refractivity contribution in [3.8, 4) is 17.2 Å². The maximum atomic E-state index is 12.5. The van der Waals surface area contributed by atoms with Crippen LogP contribution in [0.25, 0.3) is 0 Å². The van der Waals surface area contributed by atoms with Crippen molar-refractivity contribution in [2.45, 2.75) is 6.92 Å². The van der Waals surface area contributed by atoms with Gasteiger partial charge in [-0.05, 0) is 55.0 Å². The first kappa shape index (κ1) is 24.0. The van der Waals surface area contributed by atoms with Crippen molar-refractivity contribution >= 4 is 29.7 Å². The van der Waals surface area contributed by atoms with E-state index in [-0.39, 0.29) is 17.1 Å².